The van der Waals surface area contributed by atoms with Crippen LogP contribution in [0.2, 0.25) is 0 Å². The van der Waals surface area contributed by atoms with E-state index in [0.717, 1.165) is 38.8 Å². The predicted octanol–water partition coefficient (Wildman–Crippen LogP) is 5.20. The van der Waals surface area contributed by atoms with Gasteiger partial charge in [-0.05, 0) is 37.8 Å². The summed E-state index contributed by atoms with van der Waals surface area (Å²) in [4.78, 5) is 12.8. The molecule has 0 aliphatic carbocycles. The molecule has 4 aromatic rings. The third-order valence-corrected chi connectivity index (χ3v) is 4.83. The van der Waals surface area contributed by atoms with Gasteiger partial charge in [0.25, 0.3) is 0 Å². The Morgan fingerprint density at radius 2 is 1.85 bits per heavy atom. The van der Waals surface area contributed by atoms with E-state index in [1.807, 2.05) is 36.6 Å². The number of pyridine rings is 1. The normalized spacial score (nSPS) is 11.2. The second-order valence-electron chi connectivity index (χ2n) is 6.64. The fraction of sp³-hybridized carbons (Fsp3) is 0.217. The highest BCUT2D eigenvalue weighted by Crippen LogP contribution is 2.32. The number of ether oxygens (including phenoxy) is 1. The SMILES string of the molecule is CCOC(=O)c1c(CC)nn2c(-c3ccccc3)cc3ccc(C)cc3c12. The summed E-state index contributed by atoms with van der Waals surface area (Å²) >= 11 is 0. The Morgan fingerprint density at radius 3 is 2.56 bits per heavy atom. The molecule has 0 unspecified atom stereocenters. The number of aromatic nitrogens is 2. The first-order valence-corrected chi connectivity index (χ1v) is 9.31. The van der Waals surface area contributed by atoms with Gasteiger partial charge in [-0.15, -0.1) is 0 Å². The van der Waals surface area contributed by atoms with Crippen LogP contribution in [-0.4, -0.2) is 22.2 Å². The quantitative estimate of drug-likeness (QED) is 0.471. The van der Waals surface area contributed by atoms with Crippen molar-refractivity contribution in [3.8, 4) is 11.3 Å². The molecule has 0 saturated heterocycles. The van der Waals surface area contributed by atoms with Crippen molar-refractivity contribution in [2.24, 2.45) is 0 Å². The zero-order chi connectivity index (χ0) is 19.0. The van der Waals surface area contributed by atoms with E-state index >= 15 is 0 Å². The van der Waals surface area contributed by atoms with Crippen molar-refractivity contribution in [2.45, 2.75) is 27.2 Å². The lowest BCUT2D eigenvalue weighted by Gasteiger charge is -2.10. The maximum atomic E-state index is 12.8. The molecule has 136 valence electrons. The Kier molecular flexibility index (Phi) is 4.40. The molecule has 0 aliphatic heterocycles. The highest BCUT2D eigenvalue weighted by atomic mass is 16.5. The topological polar surface area (TPSA) is 43.6 Å². The van der Waals surface area contributed by atoms with Crippen LogP contribution in [0.4, 0.5) is 0 Å². The maximum absolute atomic E-state index is 12.8. The van der Waals surface area contributed by atoms with Gasteiger partial charge in [0.2, 0.25) is 0 Å². The fourth-order valence-electron chi connectivity index (χ4n) is 3.58. The van der Waals surface area contributed by atoms with Crippen LogP contribution in [0.3, 0.4) is 0 Å². The van der Waals surface area contributed by atoms with Crippen molar-refractivity contribution in [3.63, 3.8) is 0 Å². The molecule has 0 N–H and O–H groups in total. The van der Waals surface area contributed by atoms with Crippen LogP contribution in [-0.2, 0) is 11.2 Å². The lowest BCUT2D eigenvalue weighted by atomic mass is 10.0. The maximum Gasteiger partial charge on any atom is 0.342 e. The molecule has 0 bridgehead atoms. The van der Waals surface area contributed by atoms with Crippen LogP contribution in [0.1, 0.15) is 35.5 Å². The molecule has 4 rings (SSSR count). The number of hydrogen-bond acceptors (Lipinski definition) is 3. The van der Waals surface area contributed by atoms with Crippen molar-refractivity contribution in [1.29, 1.82) is 0 Å². The molecule has 4 heteroatoms. The van der Waals surface area contributed by atoms with Crippen molar-refractivity contribution < 1.29 is 9.53 Å². The van der Waals surface area contributed by atoms with Crippen LogP contribution >= 0.6 is 0 Å². The first-order chi connectivity index (χ1) is 13.1. The van der Waals surface area contributed by atoms with Gasteiger partial charge in [-0.3, -0.25) is 0 Å². The number of nitrogens with zero attached hydrogens (tertiary/aromatic N) is 2. The van der Waals surface area contributed by atoms with Crippen LogP contribution in [0.25, 0.3) is 27.5 Å². The summed E-state index contributed by atoms with van der Waals surface area (Å²) < 4.78 is 7.27. The number of carbonyl (C=O) groups excluding carboxylic acids is 1. The van der Waals surface area contributed by atoms with Gasteiger partial charge in [-0.2, -0.15) is 5.10 Å². The number of aryl methyl sites for hydroxylation is 2. The lowest BCUT2D eigenvalue weighted by molar-refractivity contribution is 0.0527. The predicted molar refractivity (Wildman–Crippen MR) is 108 cm³/mol. The third-order valence-electron chi connectivity index (χ3n) is 4.83. The van der Waals surface area contributed by atoms with Gasteiger partial charge in [-0.25, -0.2) is 9.31 Å². The minimum Gasteiger partial charge on any atom is -0.462 e. The van der Waals surface area contributed by atoms with Crippen LogP contribution in [0, 0.1) is 6.92 Å². The summed E-state index contributed by atoms with van der Waals surface area (Å²) in [6.07, 6.45) is 0.664. The Morgan fingerprint density at radius 1 is 1.07 bits per heavy atom. The van der Waals surface area contributed by atoms with E-state index in [9.17, 15) is 4.79 Å². The largest absolute Gasteiger partial charge is 0.462 e. The molecule has 0 saturated carbocycles. The smallest absolute Gasteiger partial charge is 0.342 e. The first kappa shape index (κ1) is 17.3. The molecule has 0 fully saturated rings. The van der Waals surface area contributed by atoms with Gasteiger partial charge in [0, 0.05) is 10.9 Å². The lowest BCUT2D eigenvalue weighted by Crippen LogP contribution is -2.07. The number of benzene rings is 2. The van der Waals surface area contributed by atoms with E-state index in [1.165, 1.54) is 0 Å². The van der Waals surface area contributed by atoms with E-state index in [2.05, 4.69) is 43.3 Å². The number of carbonyl (C=O) groups is 1. The zero-order valence-corrected chi connectivity index (χ0v) is 15.8. The third kappa shape index (κ3) is 2.87. The average Bonchev–Trinajstić information content (AvgIpc) is 3.08. The first-order valence-electron chi connectivity index (χ1n) is 9.31. The highest BCUT2D eigenvalue weighted by molar-refractivity contribution is 6.09. The molecular formula is C23H22N2O2. The van der Waals surface area contributed by atoms with E-state index in [0.29, 0.717) is 18.6 Å². The molecule has 0 radical (unpaired) electrons. The molecule has 0 atom stereocenters. The molecule has 2 aromatic carbocycles. The summed E-state index contributed by atoms with van der Waals surface area (Å²) in [5.41, 5.74) is 5.33. The molecule has 0 spiro atoms. The van der Waals surface area contributed by atoms with Crippen molar-refractivity contribution in [1.82, 2.24) is 9.61 Å². The van der Waals surface area contributed by atoms with Gasteiger partial charge in [0.1, 0.15) is 5.56 Å². The summed E-state index contributed by atoms with van der Waals surface area (Å²) in [6, 6.07) is 18.6. The van der Waals surface area contributed by atoms with Gasteiger partial charge in [0.05, 0.1) is 23.5 Å². The average molecular weight is 358 g/mol. The van der Waals surface area contributed by atoms with Crippen LogP contribution in [0.5, 0.6) is 0 Å². The highest BCUT2D eigenvalue weighted by Gasteiger charge is 2.23. The number of rotatable bonds is 4. The minimum atomic E-state index is -0.308. The Hall–Kier alpha value is -3.14. The van der Waals surface area contributed by atoms with E-state index in [1.54, 1.807) is 0 Å². The molecule has 0 amide bonds. The van der Waals surface area contributed by atoms with Crippen LogP contribution < -0.4 is 0 Å². The molecule has 27 heavy (non-hydrogen) atoms. The summed E-state index contributed by atoms with van der Waals surface area (Å²) in [7, 11) is 0. The standard InChI is InChI=1S/C23H22N2O2/c1-4-19-21(23(26)27-5-2)22-18-13-15(3)11-12-17(18)14-20(25(22)24-19)16-9-7-6-8-10-16/h6-14H,4-5H2,1-3H3. The summed E-state index contributed by atoms with van der Waals surface area (Å²) in [6.45, 7) is 6.24. The van der Waals surface area contributed by atoms with Crippen molar-refractivity contribution in [3.05, 3.63) is 71.4 Å². The van der Waals surface area contributed by atoms with Crippen molar-refractivity contribution in [2.75, 3.05) is 6.61 Å². The van der Waals surface area contributed by atoms with Gasteiger partial charge in [0.15, 0.2) is 0 Å². The number of esters is 1. The monoisotopic (exact) mass is 358 g/mol. The Bertz CT molecular complexity index is 1140. The second kappa shape index (κ2) is 6.88. The Balaban J connectivity index is 2.17. The van der Waals surface area contributed by atoms with Crippen LogP contribution in [0.15, 0.2) is 54.6 Å². The van der Waals surface area contributed by atoms with Gasteiger partial charge >= 0.3 is 5.97 Å². The summed E-state index contributed by atoms with van der Waals surface area (Å²) in [5, 5.41) is 6.91. The second-order valence-corrected chi connectivity index (χ2v) is 6.64. The minimum absolute atomic E-state index is 0.308. The molecule has 2 aromatic heterocycles. The van der Waals surface area contributed by atoms with E-state index < -0.39 is 0 Å². The number of hydrogen-bond donors (Lipinski definition) is 0. The van der Waals surface area contributed by atoms with E-state index in [-0.39, 0.29) is 5.97 Å². The molecule has 2 heterocycles. The molecule has 0 aliphatic rings. The molecule has 4 nitrogen and oxygen atoms in total. The summed E-state index contributed by atoms with van der Waals surface area (Å²) in [5.74, 6) is -0.308. The zero-order valence-electron chi connectivity index (χ0n) is 15.8. The van der Waals surface area contributed by atoms with E-state index in [4.69, 9.17) is 9.84 Å². The van der Waals surface area contributed by atoms with Gasteiger partial charge < -0.3 is 4.74 Å². The number of fused-ring (bicyclic) bond motifs is 3. The van der Waals surface area contributed by atoms with Crippen molar-refractivity contribution >= 4 is 22.3 Å². The Labute approximate surface area is 158 Å². The molecular weight excluding hydrogens is 336 g/mol. The van der Waals surface area contributed by atoms with Gasteiger partial charge in [-0.1, -0.05) is 55.0 Å². The fourth-order valence-corrected chi connectivity index (χ4v) is 3.58.